The molecule has 0 amide bonds. The zero-order valence-corrected chi connectivity index (χ0v) is 13.9. The molecule has 0 saturated carbocycles. The molecule has 2 aromatic rings. The van der Waals surface area contributed by atoms with Gasteiger partial charge in [0.2, 0.25) is 0 Å². The topological polar surface area (TPSA) is 15.3 Å². The summed E-state index contributed by atoms with van der Waals surface area (Å²) in [6.07, 6.45) is 2.44. The molecule has 0 radical (unpaired) electrons. The first-order valence-electron chi connectivity index (χ1n) is 7.55. The normalized spacial score (nSPS) is 11.9. The van der Waals surface area contributed by atoms with Gasteiger partial charge in [0.05, 0.1) is 0 Å². The molecule has 0 bridgehead atoms. The van der Waals surface area contributed by atoms with Gasteiger partial charge in [-0.3, -0.25) is 4.90 Å². The third kappa shape index (κ3) is 3.22. The van der Waals surface area contributed by atoms with Crippen molar-refractivity contribution in [1.29, 1.82) is 0 Å². The summed E-state index contributed by atoms with van der Waals surface area (Å²) < 4.78 is 1.41. The molecule has 1 aromatic heterocycles. The predicted octanol–water partition coefficient (Wildman–Crippen LogP) is 4.24. The van der Waals surface area contributed by atoms with Crippen LogP contribution in [0.4, 0.5) is 0 Å². The fourth-order valence-corrected chi connectivity index (χ4v) is 4.14. The molecule has 0 unspecified atom stereocenters. The van der Waals surface area contributed by atoms with Gasteiger partial charge in [-0.05, 0) is 44.0 Å². The van der Waals surface area contributed by atoms with Crippen LogP contribution in [0.2, 0.25) is 0 Å². The molecule has 1 aromatic carbocycles. The van der Waals surface area contributed by atoms with Crippen LogP contribution in [0.15, 0.2) is 24.3 Å². The maximum Gasteiger partial charge on any atom is 0.0349 e. The van der Waals surface area contributed by atoms with E-state index in [1.54, 1.807) is 0 Å². The van der Waals surface area contributed by atoms with Crippen molar-refractivity contribution >= 4 is 21.4 Å². The van der Waals surface area contributed by atoms with E-state index in [9.17, 15) is 0 Å². The van der Waals surface area contributed by atoms with Crippen molar-refractivity contribution in [3.05, 3.63) is 34.7 Å². The van der Waals surface area contributed by atoms with Gasteiger partial charge >= 0.3 is 0 Å². The second kappa shape index (κ2) is 7.21. The Morgan fingerprint density at radius 1 is 1.20 bits per heavy atom. The molecule has 1 heterocycles. The zero-order valence-electron chi connectivity index (χ0n) is 13.1. The molecule has 0 aliphatic rings. The van der Waals surface area contributed by atoms with Crippen molar-refractivity contribution in [1.82, 2.24) is 10.2 Å². The van der Waals surface area contributed by atoms with Crippen molar-refractivity contribution in [3.63, 3.8) is 0 Å². The van der Waals surface area contributed by atoms with Crippen LogP contribution in [0.25, 0.3) is 10.1 Å². The predicted molar refractivity (Wildman–Crippen MR) is 90.4 cm³/mol. The average Bonchev–Trinajstić information content (AvgIpc) is 2.79. The summed E-state index contributed by atoms with van der Waals surface area (Å²) in [4.78, 5) is 3.99. The van der Waals surface area contributed by atoms with Crippen molar-refractivity contribution < 1.29 is 0 Å². The fraction of sp³-hybridized carbons (Fsp3) is 0.529. The van der Waals surface area contributed by atoms with Crippen molar-refractivity contribution in [2.75, 3.05) is 14.1 Å². The Bertz CT molecular complexity index is 543. The van der Waals surface area contributed by atoms with E-state index in [2.05, 4.69) is 55.4 Å². The molecule has 0 aliphatic carbocycles. The SMILES string of the molecule is CCC(CC)N(C)Cc1c(CNC)sc2ccccc12. The van der Waals surface area contributed by atoms with Crippen LogP contribution in [-0.2, 0) is 13.1 Å². The van der Waals surface area contributed by atoms with Crippen LogP contribution in [0.5, 0.6) is 0 Å². The quantitative estimate of drug-likeness (QED) is 0.820. The van der Waals surface area contributed by atoms with Gasteiger partial charge in [0, 0.05) is 28.7 Å². The molecule has 0 atom stereocenters. The van der Waals surface area contributed by atoms with E-state index in [-0.39, 0.29) is 0 Å². The van der Waals surface area contributed by atoms with Crippen LogP contribution >= 0.6 is 11.3 Å². The highest BCUT2D eigenvalue weighted by molar-refractivity contribution is 7.19. The van der Waals surface area contributed by atoms with E-state index < -0.39 is 0 Å². The van der Waals surface area contributed by atoms with Gasteiger partial charge < -0.3 is 5.32 Å². The maximum absolute atomic E-state index is 3.31. The Morgan fingerprint density at radius 2 is 1.90 bits per heavy atom. The van der Waals surface area contributed by atoms with Crippen LogP contribution < -0.4 is 5.32 Å². The van der Waals surface area contributed by atoms with E-state index in [0.29, 0.717) is 6.04 Å². The Balaban J connectivity index is 2.33. The van der Waals surface area contributed by atoms with E-state index in [1.165, 1.54) is 33.4 Å². The molecular formula is C17H26N2S. The Hall–Kier alpha value is -0.900. The lowest BCUT2D eigenvalue weighted by Crippen LogP contribution is -2.30. The Labute approximate surface area is 126 Å². The Kier molecular flexibility index (Phi) is 5.58. The Morgan fingerprint density at radius 3 is 2.55 bits per heavy atom. The van der Waals surface area contributed by atoms with Crippen molar-refractivity contribution in [3.8, 4) is 0 Å². The molecule has 2 rings (SSSR count). The van der Waals surface area contributed by atoms with E-state index in [4.69, 9.17) is 0 Å². The van der Waals surface area contributed by atoms with Crippen LogP contribution in [-0.4, -0.2) is 25.0 Å². The fourth-order valence-electron chi connectivity index (χ4n) is 2.92. The summed E-state index contributed by atoms with van der Waals surface area (Å²) >= 11 is 1.93. The number of nitrogens with one attached hydrogen (secondary N) is 1. The molecule has 20 heavy (non-hydrogen) atoms. The minimum Gasteiger partial charge on any atom is -0.315 e. The maximum atomic E-state index is 3.31. The first kappa shape index (κ1) is 15.5. The van der Waals surface area contributed by atoms with Gasteiger partial charge in [-0.2, -0.15) is 0 Å². The number of benzene rings is 1. The molecule has 0 aliphatic heterocycles. The number of fused-ring (bicyclic) bond motifs is 1. The summed E-state index contributed by atoms with van der Waals surface area (Å²) in [7, 11) is 4.28. The first-order valence-corrected chi connectivity index (χ1v) is 8.37. The van der Waals surface area contributed by atoms with Gasteiger partial charge in [0.15, 0.2) is 0 Å². The molecule has 2 nitrogen and oxygen atoms in total. The second-order valence-corrected chi connectivity index (χ2v) is 6.55. The summed E-state index contributed by atoms with van der Waals surface area (Å²) in [6.45, 7) is 6.58. The lowest BCUT2D eigenvalue weighted by molar-refractivity contribution is 0.222. The highest BCUT2D eigenvalue weighted by atomic mass is 32.1. The minimum atomic E-state index is 0.677. The van der Waals surface area contributed by atoms with Gasteiger partial charge in [0.1, 0.15) is 0 Å². The summed E-state index contributed by atoms with van der Waals surface area (Å²) in [5.74, 6) is 0. The standard InChI is InChI=1S/C17H26N2S/c1-5-13(6-2)19(4)12-15-14-9-7-8-10-16(14)20-17(15)11-18-3/h7-10,13,18H,5-6,11-12H2,1-4H3. The number of hydrogen-bond acceptors (Lipinski definition) is 3. The number of thiophene rings is 1. The van der Waals surface area contributed by atoms with Crippen LogP contribution in [0.1, 0.15) is 37.1 Å². The molecular weight excluding hydrogens is 264 g/mol. The van der Waals surface area contributed by atoms with Gasteiger partial charge in [-0.25, -0.2) is 0 Å². The second-order valence-electron chi connectivity index (χ2n) is 5.42. The molecule has 1 N–H and O–H groups in total. The smallest absolute Gasteiger partial charge is 0.0349 e. The molecule has 0 fully saturated rings. The molecule has 0 spiro atoms. The van der Waals surface area contributed by atoms with Crippen LogP contribution in [0.3, 0.4) is 0 Å². The number of hydrogen-bond donors (Lipinski definition) is 1. The largest absolute Gasteiger partial charge is 0.315 e. The van der Waals surface area contributed by atoms with Crippen molar-refractivity contribution in [2.24, 2.45) is 0 Å². The van der Waals surface area contributed by atoms with Gasteiger partial charge in [-0.1, -0.05) is 32.0 Å². The highest BCUT2D eigenvalue weighted by Crippen LogP contribution is 2.32. The lowest BCUT2D eigenvalue weighted by atomic mass is 10.1. The third-order valence-corrected chi connectivity index (χ3v) is 5.31. The van der Waals surface area contributed by atoms with E-state index in [1.807, 2.05) is 18.4 Å². The lowest BCUT2D eigenvalue weighted by Gasteiger charge is -2.26. The highest BCUT2D eigenvalue weighted by Gasteiger charge is 2.16. The molecule has 110 valence electrons. The molecule has 3 heteroatoms. The van der Waals surface area contributed by atoms with E-state index >= 15 is 0 Å². The number of nitrogens with zero attached hydrogens (tertiary/aromatic N) is 1. The third-order valence-electron chi connectivity index (χ3n) is 4.09. The summed E-state index contributed by atoms with van der Waals surface area (Å²) in [5, 5.41) is 4.74. The van der Waals surface area contributed by atoms with Gasteiger partial charge in [0.25, 0.3) is 0 Å². The summed E-state index contributed by atoms with van der Waals surface area (Å²) in [6, 6.07) is 9.46. The summed E-state index contributed by atoms with van der Waals surface area (Å²) in [5.41, 5.74) is 1.51. The van der Waals surface area contributed by atoms with Gasteiger partial charge in [-0.15, -0.1) is 11.3 Å². The average molecular weight is 290 g/mol. The zero-order chi connectivity index (χ0) is 14.5. The van der Waals surface area contributed by atoms with Crippen LogP contribution in [0, 0.1) is 0 Å². The first-order chi connectivity index (χ1) is 9.71. The minimum absolute atomic E-state index is 0.677. The van der Waals surface area contributed by atoms with E-state index in [0.717, 1.165) is 13.1 Å². The number of rotatable bonds is 7. The molecule has 0 saturated heterocycles. The van der Waals surface area contributed by atoms with Crippen molar-refractivity contribution in [2.45, 2.75) is 45.8 Å². The monoisotopic (exact) mass is 290 g/mol.